The summed E-state index contributed by atoms with van der Waals surface area (Å²) in [6.45, 7) is 8.85. The van der Waals surface area contributed by atoms with E-state index in [9.17, 15) is 8.42 Å². The Hall–Kier alpha value is -0.390. The van der Waals surface area contributed by atoms with E-state index in [0.29, 0.717) is 19.0 Å². The van der Waals surface area contributed by atoms with Crippen LogP contribution in [0.15, 0.2) is 12.7 Å². The van der Waals surface area contributed by atoms with Gasteiger partial charge in [0.1, 0.15) is 0 Å². The molecule has 0 spiro atoms. The fraction of sp³-hybridized carbons (Fsp3) is 0.846. The van der Waals surface area contributed by atoms with Crippen molar-refractivity contribution in [3.63, 3.8) is 0 Å². The first-order valence-corrected chi connectivity index (χ1v) is 8.42. The molecule has 0 radical (unpaired) electrons. The predicted molar refractivity (Wildman–Crippen MR) is 76.1 cm³/mol. The standard InChI is InChI=1S/C13H26N2O2S/c1-4-10-15(12(2)3)18(16,17)11-8-13-7-5-6-9-14-13/h4,12-14H,1,5-11H2,2-3H3. The Morgan fingerprint density at radius 1 is 1.44 bits per heavy atom. The molecule has 4 nitrogen and oxygen atoms in total. The lowest BCUT2D eigenvalue weighted by molar-refractivity contribution is 0.369. The second-order valence-corrected chi connectivity index (χ2v) is 7.24. The molecular formula is C13H26N2O2S. The van der Waals surface area contributed by atoms with Crippen LogP contribution in [0.5, 0.6) is 0 Å². The molecule has 1 fully saturated rings. The molecule has 0 aromatic rings. The molecule has 0 saturated carbocycles. The molecule has 1 heterocycles. The minimum Gasteiger partial charge on any atom is -0.314 e. The lowest BCUT2D eigenvalue weighted by Crippen LogP contribution is -2.41. The van der Waals surface area contributed by atoms with Crippen LogP contribution in [0.1, 0.15) is 39.5 Å². The van der Waals surface area contributed by atoms with Gasteiger partial charge in [0, 0.05) is 18.6 Å². The normalized spacial score (nSPS) is 21.4. The molecule has 106 valence electrons. The number of nitrogens with one attached hydrogen (secondary N) is 1. The van der Waals surface area contributed by atoms with Crippen molar-refractivity contribution in [3.8, 4) is 0 Å². The average Bonchev–Trinajstić information content (AvgIpc) is 2.34. The number of sulfonamides is 1. The second-order valence-electron chi connectivity index (χ2n) is 5.20. The summed E-state index contributed by atoms with van der Waals surface area (Å²) in [4.78, 5) is 0. The quantitative estimate of drug-likeness (QED) is 0.720. The molecule has 1 aliphatic heterocycles. The number of piperidine rings is 1. The Morgan fingerprint density at radius 3 is 2.67 bits per heavy atom. The molecule has 18 heavy (non-hydrogen) atoms. The maximum atomic E-state index is 12.3. The van der Waals surface area contributed by atoms with Crippen LogP contribution in [0.3, 0.4) is 0 Å². The SMILES string of the molecule is C=CCN(C(C)C)S(=O)(=O)CCC1CCCCN1. The highest BCUT2D eigenvalue weighted by Crippen LogP contribution is 2.14. The summed E-state index contributed by atoms with van der Waals surface area (Å²) < 4.78 is 26.0. The van der Waals surface area contributed by atoms with Crippen LogP contribution >= 0.6 is 0 Å². The van der Waals surface area contributed by atoms with Crippen molar-refractivity contribution in [1.29, 1.82) is 0 Å². The van der Waals surface area contributed by atoms with E-state index in [2.05, 4.69) is 11.9 Å². The molecule has 0 aliphatic carbocycles. The van der Waals surface area contributed by atoms with Gasteiger partial charge < -0.3 is 5.32 Å². The van der Waals surface area contributed by atoms with Gasteiger partial charge in [0.2, 0.25) is 10.0 Å². The monoisotopic (exact) mass is 274 g/mol. The smallest absolute Gasteiger partial charge is 0.214 e. The highest BCUT2D eigenvalue weighted by atomic mass is 32.2. The number of nitrogens with zero attached hydrogens (tertiary/aromatic N) is 1. The Bertz CT molecular complexity index is 346. The van der Waals surface area contributed by atoms with Crippen LogP contribution in [0.4, 0.5) is 0 Å². The largest absolute Gasteiger partial charge is 0.314 e. The first-order chi connectivity index (χ1) is 8.47. The van der Waals surface area contributed by atoms with Gasteiger partial charge >= 0.3 is 0 Å². The van der Waals surface area contributed by atoms with Gasteiger partial charge in [-0.15, -0.1) is 6.58 Å². The van der Waals surface area contributed by atoms with Gasteiger partial charge in [-0.05, 0) is 39.7 Å². The Labute approximate surface area is 111 Å². The summed E-state index contributed by atoms with van der Waals surface area (Å²) in [5, 5.41) is 3.39. The van der Waals surface area contributed by atoms with Gasteiger partial charge in [0.25, 0.3) is 0 Å². The maximum Gasteiger partial charge on any atom is 0.214 e. The first-order valence-electron chi connectivity index (χ1n) is 6.81. The number of hydrogen-bond acceptors (Lipinski definition) is 3. The second kappa shape index (κ2) is 7.26. The summed E-state index contributed by atoms with van der Waals surface area (Å²) >= 11 is 0. The van der Waals surface area contributed by atoms with Gasteiger partial charge in [-0.3, -0.25) is 0 Å². The van der Waals surface area contributed by atoms with Crippen molar-refractivity contribution in [2.45, 2.75) is 51.6 Å². The molecule has 1 aliphatic rings. The zero-order valence-corrected chi connectivity index (χ0v) is 12.4. The summed E-state index contributed by atoms with van der Waals surface area (Å²) in [5.41, 5.74) is 0. The highest BCUT2D eigenvalue weighted by molar-refractivity contribution is 7.89. The molecule has 0 aromatic carbocycles. The van der Waals surface area contributed by atoms with E-state index in [-0.39, 0.29) is 11.8 Å². The van der Waals surface area contributed by atoms with E-state index < -0.39 is 10.0 Å². The van der Waals surface area contributed by atoms with Gasteiger partial charge in [0.05, 0.1) is 5.75 Å². The van der Waals surface area contributed by atoms with Crippen molar-refractivity contribution in [2.75, 3.05) is 18.8 Å². The lowest BCUT2D eigenvalue weighted by Gasteiger charge is -2.27. The Morgan fingerprint density at radius 2 is 2.17 bits per heavy atom. The van der Waals surface area contributed by atoms with Crippen LogP contribution < -0.4 is 5.32 Å². The third-order valence-electron chi connectivity index (χ3n) is 3.38. The van der Waals surface area contributed by atoms with Gasteiger partial charge in [-0.25, -0.2) is 8.42 Å². The molecule has 1 rings (SSSR count). The third kappa shape index (κ3) is 4.71. The summed E-state index contributed by atoms with van der Waals surface area (Å²) in [5.74, 6) is 0.233. The number of rotatable bonds is 7. The Kier molecular flexibility index (Phi) is 6.32. The molecule has 0 bridgehead atoms. The van der Waals surface area contributed by atoms with E-state index in [1.165, 1.54) is 17.1 Å². The summed E-state index contributed by atoms with van der Waals surface area (Å²) in [6.07, 6.45) is 5.87. The van der Waals surface area contributed by atoms with Crippen molar-refractivity contribution in [2.24, 2.45) is 0 Å². The minimum atomic E-state index is -3.16. The van der Waals surface area contributed by atoms with Gasteiger partial charge in [-0.2, -0.15) is 4.31 Å². The molecule has 1 atom stereocenters. The van der Waals surface area contributed by atoms with E-state index in [0.717, 1.165) is 13.0 Å². The van der Waals surface area contributed by atoms with Gasteiger partial charge in [-0.1, -0.05) is 12.5 Å². The van der Waals surface area contributed by atoms with Crippen molar-refractivity contribution >= 4 is 10.0 Å². The fourth-order valence-corrected chi connectivity index (χ4v) is 4.14. The van der Waals surface area contributed by atoms with Crippen molar-refractivity contribution < 1.29 is 8.42 Å². The minimum absolute atomic E-state index is 0.00712. The molecule has 1 saturated heterocycles. The fourth-order valence-electron chi connectivity index (χ4n) is 2.35. The zero-order valence-electron chi connectivity index (χ0n) is 11.6. The van der Waals surface area contributed by atoms with Gasteiger partial charge in [0.15, 0.2) is 0 Å². The van der Waals surface area contributed by atoms with E-state index in [1.807, 2.05) is 13.8 Å². The van der Waals surface area contributed by atoms with Crippen LogP contribution in [-0.2, 0) is 10.0 Å². The zero-order chi connectivity index (χ0) is 13.6. The van der Waals surface area contributed by atoms with Crippen molar-refractivity contribution in [3.05, 3.63) is 12.7 Å². The van der Waals surface area contributed by atoms with E-state index >= 15 is 0 Å². The Balaban J connectivity index is 2.53. The predicted octanol–water partition coefficient (Wildman–Crippen LogP) is 1.74. The molecule has 0 aromatic heterocycles. The molecular weight excluding hydrogens is 248 g/mol. The average molecular weight is 274 g/mol. The first kappa shape index (κ1) is 15.7. The third-order valence-corrected chi connectivity index (χ3v) is 5.42. The molecule has 1 N–H and O–H groups in total. The van der Waals surface area contributed by atoms with E-state index in [4.69, 9.17) is 0 Å². The van der Waals surface area contributed by atoms with Crippen LogP contribution in [0.25, 0.3) is 0 Å². The van der Waals surface area contributed by atoms with E-state index in [1.54, 1.807) is 6.08 Å². The summed E-state index contributed by atoms with van der Waals surface area (Å²) in [7, 11) is -3.16. The highest BCUT2D eigenvalue weighted by Gasteiger charge is 2.25. The van der Waals surface area contributed by atoms with Crippen LogP contribution in [0.2, 0.25) is 0 Å². The maximum absolute atomic E-state index is 12.3. The molecule has 0 amide bonds. The topological polar surface area (TPSA) is 49.4 Å². The van der Waals surface area contributed by atoms with Crippen LogP contribution in [-0.4, -0.2) is 43.6 Å². The number of hydrogen-bond donors (Lipinski definition) is 1. The van der Waals surface area contributed by atoms with Crippen LogP contribution in [0, 0.1) is 0 Å². The summed E-state index contributed by atoms with van der Waals surface area (Å²) in [6, 6.07) is 0.360. The molecule has 5 heteroatoms. The van der Waals surface area contributed by atoms with Crippen molar-refractivity contribution in [1.82, 2.24) is 9.62 Å². The lowest BCUT2D eigenvalue weighted by atomic mass is 10.0. The molecule has 1 unspecified atom stereocenters.